The van der Waals surface area contributed by atoms with E-state index in [2.05, 4.69) is 16.0 Å². The monoisotopic (exact) mass is 449 g/mol. The van der Waals surface area contributed by atoms with Gasteiger partial charge in [-0.3, -0.25) is 9.59 Å². The molecule has 3 amide bonds. The Balaban J connectivity index is 1.92. The summed E-state index contributed by atoms with van der Waals surface area (Å²) >= 11 is 0. The summed E-state index contributed by atoms with van der Waals surface area (Å²) in [4.78, 5) is 37.4. The van der Waals surface area contributed by atoms with E-state index < -0.39 is 18.2 Å². The third-order valence-corrected chi connectivity index (χ3v) is 4.99. The normalized spacial score (nSPS) is 17.0. The zero-order chi connectivity index (χ0) is 23.8. The predicted molar refractivity (Wildman–Crippen MR) is 120 cm³/mol. The molecule has 1 aromatic rings. The summed E-state index contributed by atoms with van der Waals surface area (Å²) in [6, 6.07) is 6.07. The molecule has 9 nitrogen and oxygen atoms in total. The van der Waals surface area contributed by atoms with Crippen molar-refractivity contribution in [3.63, 3.8) is 0 Å². The molecule has 1 aliphatic heterocycles. The number of ether oxygens (including phenoxy) is 3. The summed E-state index contributed by atoms with van der Waals surface area (Å²) in [5.41, 5.74) is 0. The Morgan fingerprint density at radius 1 is 1.00 bits per heavy atom. The molecular weight excluding hydrogens is 414 g/mol. The first kappa shape index (κ1) is 25.3. The maximum Gasteiger partial charge on any atom is 0.408 e. The van der Waals surface area contributed by atoms with E-state index in [4.69, 9.17) is 14.2 Å². The number of carbonyl (C=O) groups excluding carboxylic acids is 3. The van der Waals surface area contributed by atoms with E-state index in [-0.39, 0.29) is 48.9 Å². The van der Waals surface area contributed by atoms with E-state index in [1.807, 2.05) is 39.8 Å². The second kappa shape index (κ2) is 11.6. The summed E-state index contributed by atoms with van der Waals surface area (Å²) in [7, 11) is 0. The Hall–Kier alpha value is -2.97. The lowest BCUT2D eigenvalue weighted by Gasteiger charge is -2.29. The van der Waals surface area contributed by atoms with Crippen molar-refractivity contribution in [1.29, 1.82) is 0 Å². The van der Waals surface area contributed by atoms with E-state index in [9.17, 15) is 14.4 Å². The second-order valence-electron chi connectivity index (χ2n) is 8.79. The average molecular weight is 450 g/mol. The van der Waals surface area contributed by atoms with E-state index in [1.54, 1.807) is 26.0 Å². The van der Waals surface area contributed by atoms with Crippen molar-refractivity contribution in [2.45, 2.75) is 65.8 Å². The lowest BCUT2D eigenvalue weighted by molar-refractivity contribution is -0.131. The zero-order valence-electron chi connectivity index (χ0n) is 19.6. The van der Waals surface area contributed by atoms with Gasteiger partial charge in [-0.25, -0.2) is 4.79 Å². The molecule has 0 radical (unpaired) electrons. The highest BCUT2D eigenvalue weighted by molar-refractivity contribution is 5.86. The molecule has 3 N–H and O–H groups in total. The highest BCUT2D eigenvalue weighted by Crippen LogP contribution is 2.30. The van der Waals surface area contributed by atoms with Crippen LogP contribution in [0.4, 0.5) is 4.79 Å². The first-order chi connectivity index (χ1) is 15.1. The van der Waals surface area contributed by atoms with Crippen molar-refractivity contribution in [2.75, 3.05) is 13.2 Å². The van der Waals surface area contributed by atoms with Crippen LogP contribution in [0.2, 0.25) is 0 Å². The Labute approximate surface area is 189 Å². The minimum Gasteiger partial charge on any atom is -0.485 e. The molecule has 0 aromatic heterocycles. The van der Waals surface area contributed by atoms with Crippen LogP contribution >= 0.6 is 0 Å². The van der Waals surface area contributed by atoms with Crippen LogP contribution in [-0.4, -0.2) is 55.4 Å². The van der Waals surface area contributed by atoms with Gasteiger partial charge in [-0.15, -0.1) is 0 Å². The van der Waals surface area contributed by atoms with Crippen LogP contribution in [0.15, 0.2) is 24.3 Å². The first-order valence-corrected chi connectivity index (χ1v) is 11.0. The highest BCUT2D eigenvalue weighted by Gasteiger charge is 2.30. The number of fused-ring (bicyclic) bond motifs is 1. The Kier molecular flexibility index (Phi) is 9.16. The molecule has 0 aliphatic carbocycles. The van der Waals surface area contributed by atoms with E-state index >= 15 is 0 Å². The van der Waals surface area contributed by atoms with Gasteiger partial charge >= 0.3 is 6.09 Å². The van der Waals surface area contributed by atoms with Gasteiger partial charge in [0.1, 0.15) is 12.6 Å². The Morgan fingerprint density at radius 3 is 2.25 bits per heavy atom. The third-order valence-electron chi connectivity index (χ3n) is 4.99. The number of nitrogens with one attached hydrogen (secondary N) is 3. The van der Waals surface area contributed by atoms with Gasteiger partial charge in [0.25, 0.3) is 5.91 Å². The minimum atomic E-state index is -0.774. The smallest absolute Gasteiger partial charge is 0.408 e. The topological polar surface area (TPSA) is 115 Å². The van der Waals surface area contributed by atoms with Gasteiger partial charge in [-0.2, -0.15) is 0 Å². The van der Waals surface area contributed by atoms with Crippen LogP contribution in [0.1, 0.15) is 41.5 Å². The molecule has 1 heterocycles. The molecule has 1 aliphatic rings. The summed E-state index contributed by atoms with van der Waals surface area (Å²) in [5.74, 6) is 0.362. The fourth-order valence-electron chi connectivity index (χ4n) is 3.11. The number of alkyl carbamates (subject to hydrolysis) is 1. The van der Waals surface area contributed by atoms with Gasteiger partial charge < -0.3 is 30.2 Å². The van der Waals surface area contributed by atoms with Crippen molar-refractivity contribution in [3.8, 4) is 11.5 Å². The molecule has 1 aromatic carbocycles. The fourth-order valence-corrected chi connectivity index (χ4v) is 3.11. The molecule has 0 spiro atoms. The number of rotatable bonds is 9. The molecule has 0 saturated carbocycles. The van der Waals surface area contributed by atoms with Crippen LogP contribution in [-0.2, 0) is 14.3 Å². The molecule has 2 rings (SSSR count). The first-order valence-electron chi connectivity index (χ1n) is 11.0. The summed E-state index contributed by atoms with van der Waals surface area (Å²) in [6.07, 6.45) is -1.70. The molecule has 0 saturated heterocycles. The second-order valence-corrected chi connectivity index (χ2v) is 8.79. The van der Waals surface area contributed by atoms with Crippen molar-refractivity contribution >= 4 is 17.9 Å². The molecule has 178 valence electrons. The number of benzene rings is 1. The van der Waals surface area contributed by atoms with Gasteiger partial charge in [-0.05, 0) is 37.8 Å². The van der Waals surface area contributed by atoms with Crippen LogP contribution in [0.3, 0.4) is 0 Å². The number of para-hydroxylation sites is 2. The third kappa shape index (κ3) is 7.32. The van der Waals surface area contributed by atoms with Crippen LogP contribution in [0, 0.1) is 11.8 Å². The highest BCUT2D eigenvalue weighted by atomic mass is 16.6. The van der Waals surface area contributed by atoms with E-state index in [0.717, 1.165) is 0 Å². The fraction of sp³-hybridized carbons (Fsp3) is 0.609. The van der Waals surface area contributed by atoms with Crippen molar-refractivity contribution in [2.24, 2.45) is 11.8 Å². The Bertz CT molecular complexity index is 796. The SMILES string of the molecule is CC(C)OC(=O)N[C@H](C(=O)N[C@H](CNC(=O)C1COc2ccccc2O1)C(C)C)C(C)C. The van der Waals surface area contributed by atoms with E-state index in [0.29, 0.717) is 11.5 Å². The maximum absolute atomic E-state index is 12.9. The largest absolute Gasteiger partial charge is 0.485 e. The lowest BCUT2D eigenvalue weighted by atomic mass is 10.00. The average Bonchev–Trinajstić information content (AvgIpc) is 2.73. The standard InChI is InChI=1S/C23H35N3O6/c1-13(2)16(25-22(28)20(14(3)4)26-23(29)31-15(5)6)11-24-21(27)19-12-30-17-9-7-8-10-18(17)32-19/h7-10,13-16,19-20H,11-12H2,1-6H3,(H,24,27)(H,25,28)(H,26,29)/t16-,19?,20+/m1/s1. The van der Waals surface area contributed by atoms with Crippen LogP contribution in [0.5, 0.6) is 11.5 Å². The van der Waals surface area contributed by atoms with Crippen molar-refractivity contribution in [1.82, 2.24) is 16.0 Å². The predicted octanol–water partition coefficient (Wildman–Crippen LogP) is 2.24. The van der Waals surface area contributed by atoms with Gasteiger partial charge in [0, 0.05) is 12.6 Å². The van der Waals surface area contributed by atoms with Crippen molar-refractivity contribution < 1.29 is 28.6 Å². The minimum absolute atomic E-state index is 0.0407. The van der Waals surface area contributed by atoms with Gasteiger partial charge in [0.05, 0.1) is 6.10 Å². The Morgan fingerprint density at radius 2 is 1.66 bits per heavy atom. The molecule has 1 unspecified atom stereocenters. The maximum atomic E-state index is 12.9. The number of amides is 3. The number of hydrogen-bond donors (Lipinski definition) is 3. The van der Waals surface area contributed by atoms with Gasteiger partial charge in [0.2, 0.25) is 12.0 Å². The number of carbonyl (C=O) groups is 3. The van der Waals surface area contributed by atoms with Gasteiger partial charge in [-0.1, -0.05) is 39.8 Å². The molecule has 0 fully saturated rings. The quantitative estimate of drug-likeness (QED) is 0.533. The molecule has 3 atom stereocenters. The number of hydrogen-bond acceptors (Lipinski definition) is 6. The lowest BCUT2D eigenvalue weighted by Crippen LogP contribution is -2.56. The molecule has 32 heavy (non-hydrogen) atoms. The van der Waals surface area contributed by atoms with Crippen LogP contribution in [0.25, 0.3) is 0 Å². The molecule has 0 bridgehead atoms. The molecule has 9 heteroatoms. The van der Waals surface area contributed by atoms with E-state index in [1.165, 1.54) is 0 Å². The summed E-state index contributed by atoms with van der Waals surface area (Å²) < 4.78 is 16.4. The summed E-state index contributed by atoms with van der Waals surface area (Å²) in [6.45, 7) is 11.4. The van der Waals surface area contributed by atoms with Gasteiger partial charge in [0.15, 0.2) is 11.5 Å². The zero-order valence-corrected chi connectivity index (χ0v) is 19.6. The van der Waals surface area contributed by atoms with Crippen molar-refractivity contribution in [3.05, 3.63) is 24.3 Å². The molecular formula is C23H35N3O6. The summed E-state index contributed by atoms with van der Waals surface area (Å²) in [5, 5.41) is 8.39. The van der Waals surface area contributed by atoms with Crippen LogP contribution < -0.4 is 25.4 Å².